The van der Waals surface area contributed by atoms with E-state index in [0.717, 1.165) is 10.8 Å². The van der Waals surface area contributed by atoms with Crippen molar-refractivity contribution in [3.63, 3.8) is 0 Å². The number of para-hydroxylation sites is 1. The molecule has 136 valence electrons. The SMILES string of the molecule is N#C/C(=C\C=C\c1ccccc1[N+](=O)[O-])C(=O)Nc1cccc2ccccc12. The van der Waals surface area contributed by atoms with Gasteiger partial charge in [-0.2, -0.15) is 5.26 Å². The maximum atomic E-state index is 12.5. The van der Waals surface area contributed by atoms with Crippen LogP contribution >= 0.6 is 0 Å². The van der Waals surface area contributed by atoms with Gasteiger partial charge in [-0.1, -0.05) is 54.6 Å². The lowest BCUT2D eigenvalue weighted by molar-refractivity contribution is -0.385. The highest BCUT2D eigenvalue weighted by atomic mass is 16.6. The summed E-state index contributed by atoms with van der Waals surface area (Å²) in [5.41, 5.74) is 0.830. The Morgan fingerprint density at radius 3 is 2.54 bits per heavy atom. The molecule has 0 saturated carbocycles. The molecular formula is C22H15N3O3. The predicted molar refractivity (Wildman–Crippen MR) is 108 cm³/mol. The van der Waals surface area contributed by atoms with E-state index in [1.165, 1.54) is 24.3 Å². The Morgan fingerprint density at radius 1 is 1.04 bits per heavy atom. The molecule has 0 unspecified atom stereocenters. The van der Waals surface area contributed by atoms with Gasteiger partial charge in [0.1, 0.15) is 11.6 Å². The van der Waals surface area contributed by atoms with Crippen molar-refractivity contribution >= 4 is 34.1 Å². The average molecular weight is 369 g/mol. The molecule has 0 spiro atoms. The summed E-state index contributed by atoms with van der Waals surface area (Å²) in [5.74, 6) is -0.550. The molecule has 1 amide bonds. The number of anilines is 1. The second kappa shape index (κ2) is 8.43. The zero-order valence-electron chi connectivity index (χ0n) is 14.7. The summed E-state index contributed by atoms with van der Waals surface area (Å²) in [6.07, 6.45) is 4.27. The molecule has 6 heteroatoms. The molecule has 0 radical (unpaired) electrons. The number of benzene rings is 3. The minimum Gasteiger partial charge on any atom is -0.321 e. The van der Waals surface area contributed by atoms with Crippen LogP contribution in [-0.2, 0) is 4.79 Å². The molecule has 0 aliphatic heterocycles. The molecule has 0 saturated heterocycles. The fourth-order valence-electron chi connectivity index (χ4n) is 2.73. The molecule has 1 N–H and O–H groups in total. The number of carbonyl (C=O) groups excluding carboxylic acids is 1. The molecule has 0 aliphatic rings. The van der Waals surface area contributed by atoms with E-state index in [0.29, 0.717) is 11.3 Å². The van der Waals surface area contributed by atoms with Crippen molar-refractivity contribution in [1.82, 2.24) is 0 Å². The summed E-state index contributed by atoms with van der Waals surface area (Å²) in [4.78, 5) is 23.0. The van der Waals surface area contributed by atoms with Gasteiger partial charge in [0.05, 0.1) is 10.5 Å². The van der Waals surface area contributed by atoms with Crippen molar-refractivity contribution in [2.24, 2.45) is 0 Å². The minimum absolute atomic E-state index is 0.0501. The monoisotopic (exact) mass is 369 g/mol. The van der Waals surface area contributed by atoms with Crippen molar-refractivity contribution in [2.75, 3.05) is 5.32 Å². The fourth-order valence-corrected chi connectivity index (χ4v) is 2.73. The van der Waals surface area contributed by atoms with Crippen LogP contribution in [0.2, 0.25) is 0 Å². The summed E-state index contributed by atoms with van der Waals surface area (Å²) in [7, 11) is 0. The van der Waals surface area contributed by atoms with Crippen LogP contribution < -0.4 is 5.32 Å². The second-order valence-corrected chi connectivity index (χ2v) is 5.85. The molecule has 3 aromatic rings. The minimum atomic E-state index is -0.550. The lowest BCUT2D eigenvalue weighted by Crippen LogP contribution is -2.13. The lowest BCUT2D eigenvalue weighted by Gasteiger charge is -2.07. The van der Waals surface area contributed by atoms with Crippen LogP contribution in [0.3, 0.4) is 0 Å². The van der Waals surface area contributed by atoms with Crippen molar-refractivity contribution in [2.45, 2.75) is 0 Å². The van der Waals surface area contributed by atoms with Crippen molar-refractivity contribution in [3.8, 4) is 6.07 Å². The number of rotatable bonds is 5. The van der Waals surface area contributed by atoms with Crippen LogP contribution in [0.1, 0.15) is 5.56 Å². The quantitative estimate of drug-likeness (QED) is 0.229. The Bertz CT molecular complexity index is 1150. The lowest BCUT2D eigenvalue weighted by atomic mass is 10.1. The largest absolute Gasteiger partial charge is 0.321 e. The highest BCUT2D eigenvalue weighted by Gasteiger charge is 2.11. The zero-order chi connectivity index (χ0) is 19.9. The van der Waals surface area contributed by atoms with Crippen LogP contribution in [0.4, 0.5) is 11.4 Å². The van der Waals surface area contributed by atoms with Crippen molar-refractivity contribution < 1.29 is 9.72 Å². The number of allylic oxidation sites excluding steroid dienone is 2. The van der Waals surface area contributed by atoms with Gasteiger partial charge in [0, 0.05) is 17.1 Å². The second-order valence-electron chi connectivity index (χ2n) is 5.85. The number of hydrogen-bond acceptors (Lipinski definition) is 4. The summed E-state index contributed by atoms with van der Waals surface area (Å²) >= 11 is 0. The van der Waals surface area contributed by atoms with Crippen LogP contribution in [0.15, 0.2) is 84.5 Å². The number of nitrogens with zero attached hydrogens (tertiary/aromatic N) is 2. The van der Waals surface area contributed by atoms with E-state index in [1.54, 1.807) is 24.3 Å². The van der Waals surface area contributed by atoms with E-state index in [2.05, 4.69) is 5.32 Å². The van der Waals surface area contributed by atoms with E-state index in [-0.39, 0.29) is 11.3 Å². The number of fused-ring (bicyclic) bond motifs is 1. The van der Waals surface area contributed by atoms with E-state index < -0.39 is 10.8 Å². The van der Waals surface area contributed by atoms with Gasteiger partial charge in [-0.15, -0.1) is 0 Å². The smallest absolute Gasteiger partial charge is 0.276 e. The number of carbonyl (C=O) groups is 1. The van der Waals surface area contributed by atoms with Gasteiger partial charge < -0.3 is 5.32 Å². The topological polar surface area (TPSA) is 96.0 Å². The molecule has 3 aromatic carbocycles. The van der Waals surface area contributed by atoms with Crippen LogP contribution in [-0.4, -0.2) is 10.8 Å². The third-order valence-corrected chi connectivity index (χ3v) is 4.08. The van der Waals surface area contributed by atoms with Crippen molar-refractivity contribution in [1.29, 1.82) is 5.26 Å². The van der Waals surface area contributed by atoms with Gasteiger partial charge in [0.25, 0.3) is 11.6 Å². The molecule has 0 heterocycles. The number of nitro groups is 1. The summed E-state index contributed by atoms with van der Waals surface area (Å²) < 4.78 is 0. The summed E-state index contributed by atoms with van der Waals surface area (Å²) in [5, 5.41) is 24.9. The first-order valence-corrected chi connectivity index (χ1v) is 8.41. The first-order chi connectivity index (χ1) is 13.6. The van der Waals surface area contributed by atoms with E-state index in [1.807, 2.05) is 42.5 Å². The average Bonchev–Trinajstić information content (AvgIpc) is 2.71. The number of nitro benzene ring substituents is 1. The maximum absolute atomic E-state index is 12.5. The van der Waals surface area contributed by atoms with E-state index in [9.17, 15) is 20.2 Å². The van der Waals surface area contributed by atoms with Gasteiger partial charge in [0.2, 0.25) is 0 Å². The zero-order valence-corrected chi connectivity index (χ0v) is 14.7. The molecule has 3 rings (SSSR count). The number of nitriles is 1. The van der Waals surface area contributed by atoms with Crippen LogP contribution in [0.25, 0.3) is 16.8 Å². The standard InChI is InChI=1S/C22H15N3O3/c23-15-18(11-5-10-17-8-2-4-14-21(17)25(27)28)22(26)24-20-13-6-9-16-7-1-3-12-19(16)20/h1-14H,(H,24,26)/b10-5+,18-11+. The Morgan fingerprint density at radius 2 is 1.75 bits per heavy atom. The van der Waals surface area contributed by atoms with Gasteiger partial charge in [-0.3, -0.25) is 14.9 Å². The molecule has 0 bridgehead atoms. The molecule has 0 aliphatic carbocycles. The predicted octanol–water partition coefficient (Wildman–Crippen LogP) is 4.85. The molecule has 0 aromatic heterocycles. The highest BCUT2D eigenvalue weighted by Crippen LogP contribution is 2.23. The van der Waals surface area contributed by atoms with E-state index >= 15 is 0 Å². The Balaban J connectivity index is 1.82. The van der Waals surface area contributed by atoms with Crippen LogP contribution in [0, 0.1) is 21.4 Å². The Labute approximate surface area is 161 Å². The number of hydrogen-bond donors (Lipinski definition) is 1. The Hall–Kier alpha value is -4.24. The summed E-state index contributed by atoms with van der Waals surface area (Å²) in [6.45, 7) is 0. The van der Waals surface area contributed by atoms with Crippen LogP contribution in [0.5, 0.6) is 0 Å². The third kappa shape index (κ3) is 4.11. The molecule has 6 nitrogen and oxygen atoms in total. The van der Waals surface area contributed by atoms with Gasteiger partial charge in [-0.25, -0.2) is 0 Å². The Kier molecular flexibility index (Phi) is 5.58. The molecule has 0 atom stereocenters. The molecule has 28 heavy (non-hydrogen) atoms. The molecule has 0 fully saturated rings. The summed E-state index contributed by atoms with van der Waals surface area (Å²) in [6, 6.07) is 21.2. The van der Waals surface area contributed by atoms with E-state index in [4.69, 9.17) is 0 Å². The van der Waals surface area contributed by atoms with Gasteiger partial charge in [0.15, 0.2) is 0 Å². The normalized spacial score (nSPS) is 11.3. The number of nitrogens with one attached hydrogen (secondary N) is 1. The first-order valence-electron chi connectivity index (χ1n) is 8.41. The van der Waals surface area contributed by atoms with Gasteiger partial charge >= 0.3 is 0 Å². The number of amides is 1. The molecular weight excluding hydrogens is 354 g/mol. The highest BCUT2D eigenvalue weighted by molar-refractivity contribution is 6.10. The van der Waals surface area contributed by atoms with Gasteiger partial charge in [-0.05, 0) is 29.7 Å². The third-order valence-electron chi connectivity index (χ3n) is 4.08. The first kappa shape index (κ1) is 18.5. The fraction of sp³-hybridized carbons (Fsp3) is 0. The van der Waals surface area contributed by atoms with Crippen molar-refractivity contribution in [3.05, 3.63) is 100 Å². The maximum Gasteiger partial charge on any atom is 0.276 e.